The van der Waals surface area contributed by atoms with Gasteiger partial charge in [0.2, 0.25) is 0 Å². The van der Waals surface area contributed by atoms with Gasteiger partial charge >= 0.3 is 0 Å². The Balaban J connectivity index is 0.00000242. The lowest BCUT2D eigenvalue weighted by molar-refractivity contribution is 0.213. The van der Waals surface area contributed by atoms with E-state index in [2.05, 4.69) is 39.5 Å². The molecule has 0 radical (unpaired) electrons. The van der Waals surface area contributed by atoms with Gasteiger partial charge in [0.15, 0.2) is 5.96 Å². The number of rotatable bonds is 5. The van der Waals surface area contributed by atoms with E-state index < -0.39 is 0 Å². The molecule has 126 valence electrons. The lowest BCUT2D eigenvalue weighted by Crippen LogP contribution is -2.38. The van der Waals surface area contributed by atoms with Crippen molar-refractivity contribution in [1.29, 1.82) is 0 Å². The highest BCUT2D eigenvalue weighted by molar-refractivity contribution is 14.0. The lowest BCUT2D eigenvalue weighted by Gasteiger charge is -2.29. The molecule has 2 N–H and O–H groups in total. The Morgan fingerprint density at radius 1 is 1.41 bits per heavy atom. The molecule has 22 heavy (non-hydrogen) atoms. The molecular formula is C15H28IN5S. The fourth-order valence-corrected chi connectivity index (χ4v) is 3.34. The summed E-state index contributed by atoms with van der Waals surface area (Å²) in [5.74, 6) is 1.73. The van der Waals surface area contributed by atoms with Crippen LogP contribution in [0.1, 0.15) is 29.1 Å². The molecule has 0 unspecified atom stereocenters. The standard InChI is InChI=1S/C15H27N5S.HI/c1-12-10-18-14(21-12)11-19-15(16-2)17-7-4-13-5-8-20(3)9-6-13;/h10,13H,4-9,11H2,1-3H3,(H2,16,17,19);1H. The number of guanidine groups is 1. The number of piperidine rings is 1. The molecule has 0 amide bonds. The zero-order valence-electron chi connectivity index (χ0n) is 13.8. The minimum atomic E-state index is 0. The van der Waals surface area contributed by atoms with Crippen molar-refractivity contribution in [3.8, 4) is 0 Å². The maximum atomic E-state index is 4.35. The van der Waals surface area contributed by atoms with E-state index in [4.69, 9.17) is 0 Å². The van der Waals surface area contributed by atoms with Gasteiger partial charge in [-0.25, -0.2) is 4.98 Å². The van der Waals surface area contributed by atoms with E-state index in [1.165, 1.54) is 37.2 Å². The van der Waals surface area contributed by atoms with Crippen molar-refractivity contribution in [1.82, 2.24) is 20.5 Å². The maximum absolute atomic E-state index is 4.35. The second-order valence-electron chi connectivity index (χ2n) is 5.75. The van der Waals surface area contributed by atoms with Crippen LogP contribution < -0.4 is 10.6 Å². The van der Waals surface area contributed by atoms with Crippen LogP contribution in [-0.4, -0.2) is 49.6 Å². The summed E-state index contributed by atoms with van der Waals surface area (Å²) in [4.78, 5) is 12.3. The number of hydrogen-bond acceptors (Lipinski definition) is 4. The van der Waals surface area contributed by atoms with Gasteiger partial charge in [-0.3, -0.25) is 4.99 Å². The van der Waals surface area contributed by atoms with E-state index in [0.29, 0.717) is 0 Å². The molecular weight excluding hydrogens is 409 g/mol. The van der Waals surface area contributed by atoms with Gasteiger partial charge in [0, 0.05) is 24.7 Å². The van der Waals surface area contributed by atoms with E-state index in [1.807, 2.05) is 13.2 Å². The number of aromatic nitrogens is 1. The first kappa shape index (κ1) is 19.6. The molecule has 0 bridgehead atoms. The van der Waals surface area contributed by atoms with Gasteiger partial charge in [-0.15, -0.1) is 35.3 Å². The summed E-state index contributed by atoms with van der Waals surface area (Å²) in [6.07, 6.45) is 5.79. The average Bonchev–Trinajstić information content (AvgIpc) is 2.90. The molecule has 0 saturated carbocycles. The van der Waals surface area contributed by atoms with Gasteiger partial charge in [-0.05, 0) is 52.2 Å². The quantitative estimate of drug-likeness (QED) is 0.422. The second kappa shape index (κ2) is 10.4. The van der Waals surface area contributed by atoms with Crippen LogP contribution in [0.3, 0.4) is 0 Å². The summed E-state index contributed by atoms with van der Waals surface area (Å²) in [6, 6.07) is 0. The van der Waals surface area contributed by atoms with E-state index in [1.54, 1.807) is 11.3 Å². The molecule has 1 aromatic heterocycles. The van der Waals surface area contributed by atoms with E-state index in [-0.39, 0.29) is 24.0 Å². The largest absolute Gasteiger partial charge is 0.356 e. The summed E-state index contributed by atoms with van der Waals surface area (Å²) >= 11 is 1.73. The van der Waals surface area contributed by atoms with Crippen molar-refractivity contribution in [2.45, 2.75) is 32.7 Å². The zero-order valence-corrected chi connectivity index (χ0v) is 16.9. The Labute approximate surface area is 155 Å². The van der Waals surface area contributed by atoms with Crippen LogP contribution in [0.2, 0.25) is 0 Å². The Morgan fingerprint density at radius 3 is 2.73 bits per heavy atom. The highest BCUT2D eigenvalue weighted by Gasteiger charge is 2.16. The van der Waals surface area contributed by atoms with Gasteiger partial charge in [0.25, 0.3) is 0 Å². The summed E-state index contributed by atoms with van der Waals surface area (Å²) in [7, 11) is 4.03. The fraction of sp³-hybridized carbons (Fsp3) is 0.733. The van der Waals surface area contributed by atoms with Crippen molar-refractivity contribution in [3.05, 3.63) is 16.1 Å². The second-order valence-corrected chi connectivity index (χ2v) is 7.07. The van der Waals surface area contributed by atoms with Crippen LogP contribution in [0.4, 0.5) is 0 Å². The molecule has 5 nitrogen and oxygen atoms in total. The van der Waals surface area contributed by atoms with Gasteiger partial charge in [0.1, 0.15) is 5.01 Å². The van der Waals surface area contributed by atoms with Crippen molar-refractivity contribution < 1.29 is 0 Å². The van der Waals surface area contributed by atoms with Crippen LogP contribution in [0.5, 0.6) is 0 Å². The third kappa shape index (κ3) is 6.78. The first-order valence-electron chi connectivity index (χ1n) is 7.71. The Bertz CT molecular complexity index is 455. The SMILES string of the molecule is CN=C(NCCC1CCN(C)CC1)NCc1ncc(C)s1.I. The highest BCUT2D eigenvalue weighted by Crippen LogP contribution is 2.18. The number of thiazole rings is 1. The molecule has 1 aliphatic heterocycles. The number of nitrogens with zero attached hydrogens (tertiary/aromatic N) is 3. The minimum absolute atomic E-state index is 0. The first-order chi connectivity index (χ1) is 10.2. The topological polar surface area (TPSA) is 52.6 Å². The number of aliphatic imine (C=N–C) groups is 1. The predicted molar refractivity (Wildman–Crippen MR) is 105 cm³/mol. The van der Waals surface area contributed by atoms with Crippen molar-refractivity contribution in [2.24, 2.45) is 10.9 Å². The Kier molecular flexibility index (Phi) is 9.27. The summed E-state index contributed by atoms with van der Waals surface area (Å²) in [5, 5.41) is 7.83. The fourth-order valence-electron chi connectivity index (χ4n) is 2.61. The summed E-state index contributed by atoms with van der Waals surface area (Å²) in [5.41, 5.74) is 0. The predicted octanol–water partition coefficient (Wildman–Crippen LogP) is 2.47. The third-order valence-corrected chi connectivity index (χ3v) is 4.90. The summed E-state index contributed by atoms with van der Waals surface area (Å²) < 4.78 is 0. The van der Waals surface area contributed by atoms with E-state index in [9.17, 15) is 0 Å². The number of halogens is 1. The molecule has 7 heteroatoms. The molecule has 1 aliphatic rings. The number of hydrogen-bond donors (Lipinski definition) is 2. The Morgan fingerprint density at radius 2 is 2.14 bits per heavy atom. The molecule has 0 spiro atoms. The van der Waals surface area contributed by atoms with E-state index in [0.717, 1.165) is 30.0 Å². The number of aryl methyl sites for hydroxylation is 1. The molecule has 2 rings (SSSR count). The monoisotopic (exact) mass is 437 g/mol. The smallest absolute Gasteiger partial charge is 0.191 e. The molecule has 1 saturated heterocycles. The number of likely N-dealkylation sites (tertiary alicyclic amines) is 1. The Hall–Kier alpha value is -0.410. The molecule has 0 atom stereocenters. The zero-order chi connectivity index (χ0) is 15.1. The highest BCUT2D eigenvalue weighted by atomic mass is 127. The van der Waals surface area contributed by atoms with Crippen LogP contribution in [0, 0.1) is 12.8 Å². The van der Waals surface area contributed by atoms with E-state index >= 15 is 0 Å². The average molecular weight is 437 g/mol. The van der Waals surface area contributed by atoms with Crippen LogP contribution in [-0.2, 0) is 6.54 Å². The normalized spacial score (nSPS) is 17.1. The first-order valence-corrected chi connectivity index (χ1v) is 8.53. The molecule has 2 heterocycles. The lowest BCUT2D eigenvalue weighted by atomic mass is 9.94. The molecule has 1 aromatic rings. The van der Waals surface area contributed by atoms with Gasteiger partial charge in [-0.2, -0.15) is 0 Å². The van der Waals surface area contributed by atoms with Crippen LogP contribution in [0.15, 0.2) is 11.2 Å². The number of nitrogens with one attached hydrogen (secondary N) is 2. The van der Waals surface area contributed by atoms with Gasteiger partial charge in [0.05, 0.1) is 6.54 Å². The molecule has 0 aliphatic carbocycles. The third-order valence-electron chi connectivity index (χ3n) is 3.98. The van der Waals surface area contributed by atoms with Crippen molar-refractivity contribution in [3.63, 3.8) is 0 Å². The van der Waals surface area contributed by atoms with Crippen LogP contribution >= 0.6 is 35.3 Å². The molecule has 0 aromatic carbocycles. The maximum Gasteiger partial charge on any atom is 0.191 e. The molecule has 1 fully saturated rings. The van der Waals surface area contributed by atoms with Gasteiger partial charge in [-0.1, -0.05) is 0 Å². The minimum Gasteiger partial charge on any atom is -0.356 e. The van der Waals surface area contributed by atoms with Crippen LogP contribution in [0.25, 0.3) is 0 Å². The van der Waals surface area contributed by atoms with Gasteiger partial charge < -0.3 is 15.5 Å². The van der Waals surface area contributed by atoms with Crippen molar-refractivity contribution >= 4 is 41.3 Å². The van der Waals surface area contributed by atoms with Crippen molar-refractivity contribution in [2.75, 3.05) is 33.7 Å². The summed E-state index contributed by atoms with van der Waals surface area (Å²) in [6.45, 7) is 6.29.